The molecule has 0 amide bonds. The summed E-state index contributed by atoms with van der Waals surface area (Å²) in [5.74, 6) is 0.400. The first-order chi connectivity index (χ1) is 5.29. The lowest BCUT2D eigenvalue weighted by atomic mass is 10.2. The Morgan fingerprint density at radius 3 is 2.64 bits per heavy atom. The molecule has 1 aromatic carbocycles. The van der Waals surface area contributed by atoms with Crippen LogP contribution >= 0.6 is 11.8 Å². The molecular weight excluding hydrogens is 156 g/mol. The second-order valence-corrected chi connectivity index (χ2v) is 3.14. The molecule has 0 aromatic heterocycles. The number of thioether (sulfide) groups is 1. The van der Waals surface area contributed by atoms with Crippen LogP contribution < -0.4 is 0 Å². The van der Waals surface area contributed by atoms with Crippen LogP contribution in [0, 0.1) is 0 Å². The van der Waals surface area contributed by atoms with Crippen LogP contribution in [-0.4, -0.2) is 11.4 Å². The van der Waals surface area contributed by atoms with Crippen LogP contribution in [0.1, 0.15) is 12.5 Å². The highest BCUT2D eigenvalue weighted by Gasteiger charge is 2.02. The number of benzene rings is 1. The molecule has 0 aliphatic rings. The van der Waals surface area contributed by atoms with E-state index >= 15 is 0 Å². The summed E-state index contributed by atoms with van der Waals surface area (Å²) < 4.78 is 0. The van der Waals surface area contributed by atoms with Crippen molar-refractivity contribution in [3.63, 3.8) is 0 Å². The third kappa shape index (κ3) is 1.69. The molecule has 0 atom stereocenters. The van der Waals surface area contributed by atoms with Crippen LogP contribution in [0.15, 0.2) is 23.1 Å². The Hall–Kier alpha value is -0.630. The highest BCUT2D eigenvalue weighted by Crippen LogP contribution is 2.29. The first-order valence-electron chi connectivity index (χ1n) is 3.64. The molecule has 1 aromatic rings. The van der Waals surface area contributed by atoms with Gasteiger partial charge in [0, 0.05) is 0 Å². The lowest BCUT2D eigenvalue weighted by Crippen LogP contribution is -1.83. The number of hydrogen-bond donors (Lipinski definition) is 1. The minimum absolute atomic E-state index is 0.400. The van der Waals surface area contributed by atoms with Crippen molar-refractivity contribution >= 4 is 11.8 Å². The van der Waals surface area contributed by atoms with Gasteiger partial charge in [0.1, 0.15) is 5.75 Å². The van der Waals surface area contributed by atoms with Crippen molar-refractivity contribution in [1.29, 1.82) is 0 Å². The minimum atomic E-state index is 0.400. The molecule has 0 radical (unpaired) electrons. The first-order valence-corrected chi connectivity index (χ1v) is 4.87. The average molecular weight is 168 g/mol. The second kappa shape index (κ2) is 3.67. The zero-order valence-electron chi connectivity index (χ0n) is 6.79. The van der Waals surface area contributed by atoms with Crippen molar-refractivity contribution in [2.24, 2.45) is 0 Å². The predicted molar refractivity (Wildman–Crippen MR) is 49.3 cm³/mol. The van der Waals surface area contributed by atoms with Gasteiger partial charge in [-0.05, 0) is 24.3 Å². The molecule has 0 saturated heterocycles. The maximum Gasteiger partial charge on any atom is 0.129 e. The third-order valence-corrected chi connectivity index (χ3v) is 2.54. The van der Waals surface area contributed by atoms with Crippen molar-refractivity contribution in [1.82, 2.24) is 0 Å². The molecule has 0 unspecified atom stereocenters. The smallest absolute Gasteiger partial charge is 0.129 e. The molecule has 1 nitrogen and oxygen atoms in total. The van der Waals surface area contributed by atoms with Crippen molar-refractivity contribution < 1.29 is 5.11 Å². The Kier molecular flexibility index (Phi) is 2.83. The second-order valence-electron chi connectivity index (χ2n) is 2.32. The van der Waals surface area contributed by atoms with Crippen molar-refractivity contribution in [3.8, 4) is 5.75 Å². The van der Waals surface area contributed by atoms with Gasteiger partial charge in [-0.2, -0.15) is 0 Å². The standard InChI is InChI=1S/C9H12OS/c1-3-7-5-4-6-8(10)9(7)11-2/h4-6,10H,3H2,1-2H3. The van der Waals surface area contributed by atoms with E-state index in [0.29, 0.717) is 5.75 Å². The van der Waals surface area contributed by atoms with Crippen LogP contribution in [0.25, 0.3) is 0 Å². The van der Waals surface area contributed by atoms with E-state index in [2.05, 4.69) is 6.92 Å². The monoisotopic (exact) mass is 168 g/mol. The summed E-state index contributed by atoms with van der Waals surface area (Å²) in [4.78, 5) is 1.01. The number of aryl methyl sites for hydroxylation is 1. The lowest BCUT2D eigenvalue weighted by Gasteiger charge is -2.05. The Morgan fingerprint density at radius 2 is 2.18 bits per heavy atom. The molecule has 0 saturated carbocycles. The Labute approximate surface area is 71.4 Å². The zero-order chi connectivity index (χ0) is 8.27. The highest BCUT2D eigenvalue weighted by molar-refractivity contribution is 7.98. The summed E-state index contributed by atoms with van der Waals surface area (Å²) in [6.45, 7) is 2.09. The van der Waals surface area contributed by atoms with Crippen LogP contribution in [0.4, 0.5) is 0 Å². The Bertz CT molecular complexity index is 245. The molecule has 2 heteroatoms. The fraction of sp³-hybridized carbons (Fsp3) is 0.333. The van der Waals surface area contributed by atoms with Crippen LogP contribution in [-0.2, 0) is 6.42 Å². The lowest BCUT2D eigenvalue weighted by molar-refractivity contribution is 0.461. The van der Waals surface area contributed by atoms with Gasteiger partial charge in [-0.15, -0.1) is 11.8 Å². The van der Waals surface area contributed by atoms with Crippen molar-refractivity contribution in [3.05, 3.63) is 23.8 Å². The largest absolute Gasteiger partial charge is 0.507 e. The average Bonchev–Trinajstić information content (AvgIpc) is 2.04. The third-order valence-electron chi connectivity index (χ3n) is 1.66. The molecule has 0 aliphatic carbocycles. The van der Waals surface area contributed by atoms with E-state index in [1.165, 1.54) is 5.56 Å². The van der Waals surface area contributed by atoms with Gasteiger partial charge in [-0.25, -0.2) is 0 Å². The zero-order valence-corrected chi connectivity index (χ0v) is 7.61. The van der Waals surface area contributed by atoms with E-state index < -0.39 is 0 Å². The van der Waals surface area contributed by atoms with Gasteiger partial charge in [0.2, 0.25) is 0 Å². The van der Waals surface area contributed by atoms with Gasteiger partial charge in [0.15, 0.2) is 0 Å². The molecule has 1 rings (SSSR count). The molecule has 11 heavy (non-hydrogen) atoms. The van der Waals surface area contributed by atoms with Crippen molar-refractivity contribution in [2.75, 3.05) is 6.26 Å². The Balaban J connectivity index is 3.13. The quantitative estimate of drug-likeness (QED) is 0.685. The number of phenols is 1. The predicted octanol–water partition coefficient (Wildman–Crippen LogP) is 2.68. The summed E-state index contributed by atoms with van der Waals surface area (Å²) in [5, 5.41) is 9.40. The molecule has 0 fully saturated rings. The summed E-state index contributed by atoms with van der Waals surface area (Å²) >= 11 is 1.60. The normalized spacial score (nSPS) is 10.0. The molecule has 0 bridgehead atoms. The van der Waals surface area contributed by atoms with E-state index in [-0.39, 0.29) is 0 Å². The maximum absolute atomic E-state index is 9.40. The van der Waals surface area contributed by atoms with E-state index in [1.807, 2.05) is 18.4 Å². The number of phenolic OH excluding ortho intramolecular Hbond substituents is 1. The van der Waals surface area contributed by atoms with Gasteiger partial charge in [-0.1, -0.05) is 19.1 Å². The van der Waals surface area contributed by atoms with E-state index in [1.54, 1.807) is 17.8 Å². The van der Waals surface area contributed by atoms with Crippen LogP contribution in [0.5, 0.6) is 5.75 Å². The summed E-state index contributed by atoms with van der Waals surface area (Å²) in [7, 11) is 0. The van der Waals surface area contributed by atoms with E-state index in [0.717, 1.165) is 11.3 Å². The van der Waals surface area contributed by atoms with Crippen LogP contribution in [0.3, 0.4) is 0 Å². The first kappa shape index (κ1) is 8.47. The SMILES string of the molecule is CCc1cccc(O)c1SC. The summed E-state index contributed by atoms with van der Waals surface area (Å²) in [6, 6.07) is 5.66. The fourth-order valence-electron chi connectivity index (χ4n) is 1.09. The summed E-state index contributed by atoms with van der Waals surface area (Å²) in [6.07, 6.45) is 2.96. The number of rotatable bonds is 2. The summed E-state index contributed by atoms with van der Waals surface area (Å²) in [5.41, 5.74) is 1.22. The number of hydrogen-bond acceptors (Lipinski definition) is 2. The Morgan fingerprint density at radius 1 is 1.45 bits per heavy atom. The van der Waals surface area contributed by atoms with Crippen LogP contribution in [0.2, 0.25) is 0 Å². The van der Waals surface area contributed by atoms with Gasteiger partial charge >= 0.3 is 0 Å². The number of aromatic hydroxyl groups is 1. The van der Waals surface area contributed by atoms with Crippen molar-refractivity contribution in [2.45, 2.75) is 18.2 Å². The maximum atomic E-state index is 9.40. The molecular formula is C9H12OS. The van der Waals surface area contributed by atoms with E-state index in [9.17, 15) is 5.11 Å². The molecule has 0 spiro atoms. The molecule has 60 valence electrons. The van der Waals surface area contributed by atoms with Gasteiger partial charge in [-0.3, -0.25) is 0 Å². The highest BCUT2D eigenvalue weighted by atomic mass is 32.2. The van der Waals surface area contributed by atoms with Gasteiger partial charge < -0.3 is 5.11 Å². The molecule has 0 heterocycles. The van der Waals surface area contributed by atoms with Gasteiger partial charge in [0.05, 0.1) is 4.90 Å². The topological polar surface area (TPSA) is 20.2 Å². The van der Waals surface area contributed by atoms with E-state index in [4.69, 9.17) is 0 Å². The minimum Gasteiger partial charge on any atom is -0.507 e. The molecule has 1 N–H and O–H groups in total. The van der Waals surface area contributed by atoms with Gasteiger partial charge in [0.25, 0.3) is 0 Å². The fourth-order valence-corrected chi connectivity index (χ4v) is 1.84. The molecule has 0 aliphatic heterocycles.